The van der Waals surface area contributed by atoms with Crippen molar-refractivity contribution in [1.82, 2.24) is 15.2 Å². The van der Waals surface area contributed by atoms with E-state index >= 15 is 0 Å². The van der Waals surface area contributed by atoms with Gasteiger partial charge in [0.15, 0.2) is 0 Å². The summed E-state index contributed by atoms with van der Waals surface area (Å²) < 4.78 is 16.6. The van der Waals surface area contributed by atoms with Crippen LogP contribution in [-0.2, 0) is 7.05 Å². The molecule has 0 aliphatic rings. The topological polar surface area (TPSA) is 55.9 Å². The summed E-state index contributed by atoms with van der Waals surface area (Å²) in [5.41, 5.74) is 5.61. The maximum Gasteiger partial charge on any atom is 0.148 e. The smallest absolute Gasteiger partial charge is 0.148 e. The largest absolute Gasteiger partial charge is 0.272 e. The standard InChI is InChI=1S/C13H15BrClFN4/c1-6-10(7(2)20(3)19-6)13(18-17)8-4-5-9(14)11(15)12(8)16/h4-5,13,18H,17H2,1-3H3. The van der Waals surface area contributed by atoms with Crippen molar-refractivity contribution in [3.63, 3.8) is 0 Å². The lowest BCUT2D eigenvalue weighted by Gasteiger charge is -2.19. The molecule has 4 nitrogen and oxygen atoms in total. The molecular weight excluding hydrogens is 347 g/mol. The van der Waals surface area contributed by atoms with Gasteiger partial charge in [-0.1, -0.05) is 17.7 Å². The van der Waals surface area contributed by atoms with Gasteiger partial charge in [-0.05, 0) is 35.8 Å². The highest BCUT2D eigenvalue weighted by Crippen LogP contribution is 2.34. The van der Waals surface area contributed by atoms with Crippen LogP contribution in [0.3, 0.4) is 0 Å². The number of hydrogen-bond acceptors (Lipinski definition) is 3. The third-order valence-electron chi connectivity index (χ3n) is 3.40. The van der Waals surface area contributed by atoms with E-state index < -0.39 is 11.9 Å². The molecule has 0 bridgehead atoms. The highest BCUT2D eigenvalue weighted by Gasteiger charge is 2.25. The second kappa shape index (κ2) is 5.81. The number of aryl methyl sites for hydroxylation is 2. The van der Waals surface area contributed by atoms with Gasteiger partial charge in [-0.2, -0.15) is 5.10 Å². The van der Waals surface area contributed by atoms with Crippen molar-refractivity contribution in [2.45, 2.75) is 19.9 Å². The van der Waals surface area contributed by atoms with Gasteiger partial charge in [0.2, 0.25) is 0 Å². The third kappa shape index (κ3) is 2.48. The van der Waals surface area contributed by atoms with E-state index in [4.69, 9.17) is 17.4 Å². The molecule has 7 heteroatoms. The molecule has 1 heterocycles. The number of rotatable bonds is 3. The van der Waals surface area contributed by atoms with E-state index in [1.54, 1.807) is 16.8 Å². The highest BCUT2D eigenvalue weighted by atomic mass is 79.9. The Morgan fingerprint density at radius 1 is 1.45 bits per heavy atom. The third-order valence-corrected chi connectivity index (χ3v) is 4.66. The molecule has 1 unspecified atom stereocenters. The summed E-state index contributed by atoms with van der Waals surface area (Å²) in [5.74, 6) is 5.14. The molecule has 1 aromatic carbocycles. The van der Waals surface area contributed by atoms with E-state index in [1.807, 2.05) is 20.9 Å². The molecule has 20 heavy (non-hydrogen) atoms. The van der Waals surface area contributed by atoms with Gasteiger partial charge in [0, 0.05) is 28.3 Å². The fraction of sp³-hybridized carbons (Fsp3) is 0.308. The Hall–Kier alpha value is -0.950. The van der Waals surface area contributed by atoms with Crippen LogP contribution >= 0.6 is 27.5 Å². The summed E-state index contributed by atoms with van der Waals surface area (Å²) in [7, 11) is 1.84. The minimum atomic E-state index is -0.505. The van der Waals surface area contributed by atoms with Crippen LogP contribution < -0.4 is 11.3 Å². The van der Waals surface area contributed by atoms with Gasteiger partial charge < -0.3 is 0 Å². The van der Waals surface area contributed by atoms with Crippen molar-refractivity contribution in [1.29, 1.82) is 0 Å². The van der Waals surface area contributed by atoms with Crippen molar-refractivity contribution < 1.29 is 4.39 Å². The maximum absolute atomic E-state index is 14.4. The van der Waals surface area contributed by atoms with Crippen LogP contribution in [0.1, 0.15) is 28.6 Å². The first-order valence-corrected chi connectivity index (χ1v) is 7.15. The molecule has 0 radical (unpaired) electrons. The molecule has 0 saturated carbocycles. The van der Waals surface area contributed by atoms with Crippen molar-refractivity contribution >= 4 is 27.5 Å². The van der Waals surface area contributed by atoms with Crippen LogP contribution in [0, 0.1) is 19.7 Å². The number of aromatic nitrogens is 2. The summed E-state index contributed by atoms with van der Waals surface area (Å²) in [6.45, 7) is 3.78. The van der Waals surface area contributed by atoms with Crippen LogP contribution in [0.4, 0.5) is 4.39 Å². The molecule has 108 valence electrons. The fourth-order valence-electron chi connectivity index (χ4n) is 2.30. The van der Waals surface area contributed by atoms with Gasteiger partial charge in [0.05, 0.1) is 16.8 Å². The Bertz CT molecular complexity index is 656. The molecule has 0 saturated heterocycles. The second-order valence-electron chi connectivity index (χ2n) is 4.57. The first-order chi connectivity index (χ1) is 9.38. The number of hydrazine groups is 1. The number of hydrogen-bond donors (Lipinski definition) is 2. The van der Waals surface area contributed by atoms with Crippen LogP contribution in [0.2, 0.25) is 5.02 Å². The van der Waals surface area contributed by atoms with Crippen molar-refractivity contribution in [3.05, 3.63) is 50.0 Å². The molecule has 0 amide bonds. The quantitative estimate of drug-likeness (QED) is 0.502. The minimum Gasteiger partial charge on any atom is -0.272 e. The first-order valence-electron chi connectivity index (χ1n) is 5.98. The molecule has 0 fully saturated rings. The Morgan fingerprint density at radius 2 is 2.10 bits per heavy atom. The van der Waals surface area contributed by atoms with Gasteiger partial charge in [-0.3, -0.25) is 10.5 Å². The maximum atomic E-state index is 14.4. The average Bonchev–Trinajstić information content (AvgIpc) is 2.65. The lowest BCUT2D eigenvalue weighted by Crippen LogP contribution is -2.30. The minimum absolute atomic E-state index is 0.0435. The summed E-state index contributed by atoms with van der Waals surface area (Å²) in [6, 6.07) is 2.85. The zero-order chi connectivity index (χ0) is 15.0. The number of nitrogens with two attached hydrogens (primary N) is 1. The van der Waals surface area contributed by atoms with Gasteiger partial charge in [0.1, 0.15) is 5.82 Å². The lowest BCUT2D eigenvalue weighted by molar-refractivity contribution is 0.557. The summed E-state index contributed by atoms with van der Waals surface area (Å²) in [6.07, 6.45) is 0. The predicted molar refractivity (Wildman–Crippen MR) is 81.0 cm³/mol. The van der Waals surface area contributed by atoms with E-state index in [0.29, 0.717) is 10.0 Å². The molecule has 1 aromatic heterocycles. The average molecular weight is 362 g/mol. The monoisotopic (exact) mass is 360 g/mol. The van der Waals surface area contributed by atoms with Crippen molar-refractivity contribution in [2.75, 3.05) is 0 Å². The Labute approximate surface area is 130 Å². The van der Waals surface area contributed by atoms with Crippen LogP contribution in [0.15, 0.2) is 16.6 Å². The summed E-state index contributed by atoms with van der Waals surface area (Å²) in [5, 5.41) is 4.37. The molecule has 2 aromatic rings. The SMILES string of the molecule is Cc1nn(C)c(C)c1C(NN)c1ccc(Br)c(Cl)c1F. The van der Waals surface area contributed by atoms with Crippen molar-refractivity contribution in [3.8, 4) is 0 Å². The summed E-state index contributed by atoms with van der Waals surface area (Å²) >= 11 is 9.15. The van der Waals surface area contributed by atoms with Gasteiger partial charge >= 0.3 is 0 Å². The second-order valence-corrected chi connectivity index (χ2v) is 5.80. The van der Waals surface area contributed by atoms with Crippen LogP contribution in [0.25, 0.3) is 0 Å². The first kappa shape index (κ1) is 15.4. The zero-order valence-corrected chi connectivity index (χ0v) is 13.7. The Balaban J connectivity index is 2.62. The highest BCUT2D eigenvalue weighted by molar-refractivity contribution is 9.10. The van der Waals surface area contributed by atoms with E-state index in [2.05, 4.69) is 26.5 Å². The Kier molecular flexibility index (Phi) is 4.49. The van der Waals surface area contributed by atoms with E-state index in [9.17, 15) is 4.39 Å². The van der Waals surface area contributed by atoms with E-state index in [0.717, 1.165) is 17.0 Å². The molecule has 0 aliphatic heterocycles. The fourth-order valence-corrected chi connectivity index (χ4v) is 2.78. The molecule has 2 rings (SSSR count). The molecule has 0 spiro atoms. The normalized spacial score (nSPS) is 12.8. The summed E-state index contributed by atoms with van der Waals surface area (Å²) in [4.78, 5) is 0. The lowest BCUT2D eigenvalue weighted by atomic mass is 9.97. The van der Waals surface area contributed by atoms with Crippen molar-refractivity contribution in [2.24, 2.45) is 12.9 Å². The number of halogens is 3. The molecule has 1 atom stereocenters. The van der Waals surface area contributed by atoms with E-state index in [-0.39, 0.29) is 5.02 Å². The Morgan fingerprint density at radius 3 is 2.60 bits per heavy atom. The van der Waals surface area contributed by atoms with Crippen LogP contribution in [-0.4, -0.2) is 9.78 Å². The van der Waals surface area contributed by atoms with Gasteiger partial charge in [-0.15, -0.1) is 0 Å². The van der Waals surface area contributed by atoms with E-state index in [1.165, 1.54) is 0 Å². The van der Waals surface area contributed by atoms with Gasteiger partial charge in [0.25, 0.3) is 0 Å². The molecular formula is C13H15BrClFN4. The number of benzene rings is 1. The molecule has 0 aliphatic carbocycles. The van der Waals surface area contributed by atoms with Gasteiger partial charge in [-0.25, -0.2) is 9.82 Å². The molecule has 3 N–H and O–H groups in total. The number of nitrogens with zero attached hydrogens (tertiary/aromatic N) is 2. The van der Waals surface area contributed by atoms with Crippen LogP contribution in [0.5, 0.6) is 0 Å². The number of nitrogens with one attached hydrogen (secondary N) is 1. The predicted octanol–water partition coefficient (Wildman–Crippen LogP) is 3.14. The zero-order valence-electron chi connectivity index (χ0n) is 11.3.